The van der Waals surface area contributed by atoms with Crippen LogP contribution >= 0.6 is 0 Å². The van der Waals surface area contributed by atoms with Crippen molar-refractivity contribution in [2.45, 2.75) is 33.1 Å². The molecular weight excluding hydrogens is 370 g/mol. The number of nitrogens with zero attached hydrogens (tertiary/aromatic N) is 1. The van der Waals surface area contributed by atoms with E-state index < -0.39 is 0 Å². The highest BCUT2D eigenvalue weighted by molar-refractivity contribution is 6.09. The second-order valence-corrected chi connectivity index (χ2v) is 6.92. The van der Waals surface area contributed by atoms with Crippen LogP contribution in [0.15, 0.2) is 56.6 Å². The molecular formula is C22H21N3O4. The SMILES string of the molecule is Cc1occc1C(=O)N/N=C1\CCCc2oc(C(=O)Nc3ccccc3)c(C)c21. The summed E-state index contributed by atoms with van der Waals surface area (Å²) < 4.78 is 11.0. The number of fused-ring (bicyclic) bond motifs is 1. The van der Waals surface area contributed by atoms with Gasteiger partial charge in [-0.2, -0.15) is 5.10 Å². The maximum Gasteiger partial charge on any atom is 0.291 e. The largest absolute Gasteiger partial charge is 0.469 e. The predicted octanol–water partition coefficient (Wildman–Crippen LogP) is 4.21. The Bertz CT molecular complexity index is 1090. The normalized spacial score (nSPS) is 14.5. The fourth-order valence-corrected chi connectivity index (χ4v) is 3.51. The van der Waals surface area contributed by atoms with Gasteiger partial charge in [-0.05, 0) is 44.9 Å². The highest BCUT2D eigenvalue weighted by Crippen LogP contribution is 2.30. The number of carbonyl (C=O) groups excluding carboxylic acids is 2. The molecule has 0 unspecified atom stereocenters. The first-order valence-electron chi connectivity index (χ1n) is 9.44. The van der Waals surface area contributed by atoms with Crippen molar-refractivity contribution in [3.63, 3.8) is 0 Å². The zero-order valence-corrected chi connectivity index (χ0v) is 16.2. The fourth-order valence-electron chi connectivity index (χ4n) is 3.51. The average Bonchev–Trinajstić information content (AvgIpc) is 3.30. The molecule has 1 aromatic carbocycles. The summed E-state index contributed by atoms with van der Waals surface area (Å²) in [6.45, 7) is 3.56. The van der Waals surface area contributed by atoms with E-state index in [1.807, 2.05) is 37.3 Å². The van der Waals surface area contributed by atoms with Crippen LogP contribution in [0.25, 0.3) is 0 Å². The van der Waals surface area contributed by atoms with Gasteiger partial charge in [-0.1, -0.05) is 18.2 Å². The highest BCUT2D eigenvalue weighted by atomic mass is 16.4. The van der Waals surface area contributed by atoms with E-state index in [-0.39, 0.29) is 17.6 Å². The summed E-state index contributed by atoms with van der Waals surface area (Å²) in [5.74, 6) is 0.885. The summed E-state index contributed by atoms with van der Waals surface area (Å²) >= 11 is 0. The quantitative estimate of drug-likeness (QED) is 0.651. The van der Waals surface area contributed by atoms with E-state index in [2.05, 4.69) is 15.8 Å². The topological polar surface area (TPSA) is 96.8 Å². The summed E-state index contributed by atoms with van der Waals surface area (Å²) in [6, 6.07) is 10.8. The number of hydrogen-bond donors (Lipinski definition) is 2. The Hall–Kier alpha value is -3.61. The Morgan fingerprint density at radius 1 is 1.03 bits per heavy atom. The summed E-state index contributed by atoms with van der Waals surface area (Å²) in [5, 5.41) is 7.17. The minimum atomic E-state index is -0.334. The molecule has 29 heavy (non-hydrogen) atoms. The van der Waals surface area contributed by atoms with Crippen LogP contribution in [0.4, 0.5) is 5.69 Å². The van der Waals surface area contributed by atoms with Crippen molar-refractivity contribution in [1.29, 1.82) is 0 Å². The molecule has 3 aromatic rings. The van der Waals surface area contributed by atoms with Crippen molar-refractivity contribution in [1.82, 2.24) is 5.43 Å². The van der Waals surface area contributed by atoms with Crippen LogP contribution in [0.1, 0.15) is 56.4 Å². The fraction of sp³-hybridized carbons (Fsp3) is 0.227. The lowest BCUT2D eigenvalue weighted by Crippen LogP contribution is -2.22. The summed E-state index contributed by atoms with van der Waals surface area (Å²) in [7, 11) is 0. The van der Waals surface area contributed by atoms with E-state index in [0.717, 1.165) is 29.7 Å². The molecule has 1 aliphatic carbocycles. The van der Waals surface area contributed by atoms with Gasteiger partial charge in [-0.15, -0.1) is 0 Å². The first-order valence-corrected chi connectivity index (χ1v) is 9.44. The number of anilines is 1. The van der Waals surface area contributed by atoms with Crippen LogP contribution in [0.5, 0.6) is 0 Å². The van der Waals surface area contributed by atoms with Gasteiger partial charge in [0.15, 0.2) is 5.76 Å². The van der Waals surface area contributed by atoms with Crippen LogP contribution < -0.4 is 10.7 Å². The molecule has 0 saturated heterocycles. The van der Waals surface area contributed by atoms with E-state index in [4.69, 9.17) is 8.83 Å². The van der Waals surface area contributed by atoms with Crippen molar-refractivity contribution in [3.8, 4) is 0 Å². The number of para-hydroxylation sites is 1. The van der Waals surface area contributed by atoms with Gasteiger partial charge < -0.3 is 14.2 Å². The molecule has 0 radical (unpaired) electrons. The van der Waals surface area contributed by atoms with E-state index in [1.165, 1.54) is 6.26 Å². The third kappa shape index (κ3) is 3.71. The summed E-state index contributed by atoms with van der Waals surface area (Å²) in [5.41, 5.74) is 5.96. The highest BCUT2D eigenvalue weighted by Gasteiger charge is 2.28. The number of hydrazone groups is 1. The molecule has 7 nitrogen and oxygen atoms in total. The molecule has 1 aliphatic rings. The molecule has 0 bridgehead atoms. The number of hydrogen-bond acceptors (Lipinski definition) is 5. The van der Waals surface area contributed by atoms with E-state index in [1.54, 1.807) is 13.0 Å². The zero-order valence-electron chi connectivity index (χ0n) is 16.2. The van der Waals surface area contributed by atoms with Gasteiger partial charge in [0.1, 0.15) is 11.5 Å². The summed E-state index contributed by atoms with van der Waals surface area (Å²) in [6.07, 6.45) is 3.72. The smallest absolute Gasteiger partial charge is 0.291 e. The number of carbonyl (C=O) groups is 2. The van der Waals surface area contributed by atoms with Crippen molar-refractivity contribution >= 4 is 23.2 Å². The molecule has 2 aromatic heterocycles. The Morgan fingerprint density at radius 2 is 1.83 bits per heavy atom. The van der Waals surface area contributed by atoms with Crippen molar-refractivity contribution < 1.29 is 18.4 Å². The van der Waals surface area contributed by atoms with Crippen LogP contribution in [-0.4, -0.2) is 17.5 Å². The summed E-state index contributed by atoms with van der Waals surface area (Å²) in [4.78, 5) is 25.0. The third-order valence-corrected chi connectivity index (χ3v) is 4.96. The van der Waals surface area contributed by atoms with Gasteiger partial charge >= 0.3 is 0 Å². The van der Waals surface area contributed by atoms with Gasteiger partial charge in [0, 0.05) is 23.2 Å². The Balaban J connectivity index is 1.58. The Kier molecular flexibility index (Phi) is 5.03. The van der Waals surface area contributed by atoms with Crippen LogP contribution in [0, 0.1) is 13.8 Å². The molecule has 2 N–H and O–H groups in total. The lowest BCUT2D eigenvalue weighted by atomic mass is 9.93. The maximum absolute atomic E-state index is 12.7. The molecule has 0 fully saturated rings. The van der Waals surface area contributed by atoms with Gasteiger partial charge in [-0.3, -0.25) is 9.59 Å². The van der Waals surface area contributed by atoms with Gasteiger partial charge in [-0.25, -0.2) is 5.43 Å². The Morgan fingerprint density at radius 3 is 2.55 bits per heavy atom. The lowest BCUT2D eigenvalue weighted by Gasteiger charge is -2.13. The average molecular weight is 391 g/mol. The van der Waals surface area contributed by atoms with Crippen molar-refractivity contribution in [2.75, 3.05) is 5.32 Å². The zero-order chi connectivity index (χ0) is 20.4. The van der Waals surface area contributed by atoms with Gasteiger partial charge in [0.05, 0.1) is 17.5 Å². The van der Waals surface area contributed by atoms with E-state index in [9.17, 15) is 9.59 Å². The van der Waals surface area contributed by atoms with E-state index >= 15 is 0 Å². The molecule has 7 heteroatoms. The van der Waals surface area contributed by atoms with Crippen LogP contribution in [0.2, 0.25) is 0 Å². The number of aryl methyl sites for hydroxylation is 2. The number of amides is 2. The van der Waals surface area contributed by atoms with Gasteiger partial charge in [0.25, 0.3) is 11.8 Å². The molecule has 2 heterocycles. The van der Waals surface area contributed by atoms with Crippen molar-refractivity contribution in [2.24, 2.45) is 5.10 Å². The minimum Gasteiger partial charge on any atom is -0.469 e. The molecule has 148 valence electrons. The first-order chi connectivity index (χ1) is 14.0. The number of furan rings is 2. The minimum absolute atomic E-state index is 0.269. The lowest BCUT2D eigenvalue weighted by molar-refractivity contribution is 0.0952. The monoisotopic (exact) mass is 391 g/mol. The predicted molar refractivity (Wildman–Crippen MR) is 108 cm³/mol. The molecule has 2 amide bonds. The third-order valence-electron chi connectivity index (χ3n) is 4.96. The number of benzene rings is 1. The Labute approximate surface area is 167 Å². The molecule has 0 spiro atoms. The standard InChI is InChI=1S/C22H21N3O4/c1-13-19-17(24-25-21(26)16-11-12-28-14(16)2)9-6-10-18(19)29-20(13)22(27)23-15-7-4-3-5-8-15/h3-5,7-8,11-12H,6,9-10H2,1-2H3,(H,23,27)(H,25,26)/b24-17+. The van der Waals surface area contributed by atoms with Crippen molar-refractivity contribution in [3.05, 3.63) is 76.6 Å². The number of rotatable bonds is 4. The van der Waals surface area contributed by atoms with E-state index in [0.29, 0.717) is 29.1 Å². The molecule has 0 atom stereocenters. The number of nitrogens with one attached hydrogen (secondary N) is 2. The van der Waals surface area contributed by atoms with Crippen LogP contribution in [0.3, 0.4) is 0 Å². The van der Waals surface area contributed by atoms with Gasteiger partial charge in [0.2, 0.25) is 0 Å². The molecule has 4 rings (SSSR count). The first kappa shape index (κ1) is 18.7. The second-order valence-electron chi connectivity index (χ2n) is 6.92. The maximum atomic E-state index is 12.7. The second kappa shape index (κ2) is 7.79. The molecule has 0 saturated carbocycles. The van der Waals surface area contributed by atoms with Crippen LogP contribution in [-0.2, 0) is 6.42 Å². The molecule has 0 aliphatic heterocycles.